The Balaban J connectivity index is 1.11. The van der Waals surface area contributed by atoms with Gasteiger partial charge in [-0.1, -0.05) is 18.2 Å². The fraction of sp³-hybridized carbons (Fsp3) is 0.488. The summed E-state index contributed by atoms with van der Waals surface area (Å²) in [6.07, 6.45) is 7.65. The van der Waals surface area contributed by atoms with Crippen molar-refractivity contribution < 1.29 is 38.1 Å². The van der Waals surface area contributed by atoms with Crippen molar-refractivity contribution in [3.05, 3.63) is 90.0 Å². The molecule has 2 amide bonds. The lowest BCUT2D eigenvalue weighted by Crippen LogP contribution is -2.50. The molecule has 0 bridgehead atoms. The predicted molar refractivity (Wildman–Crippen MR) is 218 cm³/mol. The van der Waals surface area contributed by atoms with Crippen LogP contribution in [0.25, 0.3) is 11.4 Å². The molecule has 1 fully saturated rings. The van der Waals surface area contributed by atoms with Gasteiger partial charge in [0.15, 0.2) is 11.6 Å². The summed E-state index contributed by atoms with van der Waals surface area (Å²) >= 11 is 0. The zero-order chi connectivity index (χ0) is 41.4. The van der Waals surface area contributed by atoms with Gasteiger partial charge < -0.3 is 39.2 Å². The van der Waals surface area contributed by atoms with E-state index in [1.807, 2.05) is 82.3 Å². The number of aromatic nitrogens is 4. The molecule has 1 aliphatic rings. The number of benzene rings is 2. The second kappa shape index (κ2) is 21.3. The summed E-state index contributed by atoms with van der Waals surface area (Å²) < 4.78 is 26.9. The van der Waals surface area contributed by atoms with Crippen molar-refractivity contribution in [3.8, 4) is 17.1 Å². The zero-order valence-corrected chi connectivity index (χ0v) is 34.3. The normalized spacial score (nSPS) is 14.3. The Morgan fingerprint density at radius 1 is 0.897 bits per heavy atom. The Morgan fingerprint density at radius 2 is 1.60 bits per heavy atom. The Labute approximate surface area is 340 Å². The van der Waals surface area contributed by atoms with Crippen molar-refractivity contribution in [2.75, 3.05) is 58.6 Å². The molecule has 0 aliphatic carbocycles. The van der Waals surface area contributed by atoms with Crippen molar-refractivity contribution in [1.29, 1.82) is 0 Å². The van der Waals surface area contributed by atoms with E-state index in [9.17, 15) is 14.4 Å². The number of methoxy groups -OCH3 is 1. The van der Waals surface area contributed by atoms with Crippen LogP contribution in [0.15, 0.2) is 73.1 Å². The van der Waals surface area contributed by atoms with Gasteiger partial charge in [-0.25, -0.2) is 14.6 Å². The molecule has 1 aliphatic heterocycles. The first-order valence-corrected chi connectivity index (χ1v) is 19.9. The number of unbranched alkanes of at least 4 members (excludes halogenated alkanes) is 2. The number of hydrogen-bond acceptors (Lipinski definition) is 12. The van der Waals surface area contributed by atoms with E-state index in [1.54, 1.807) is 23.4 Å². The highest BCUT2D eigenvalue weighted by molar-refractivity contribution is 5.95. The highest BCUT2D eigenvalue weighted by Gasteiger charge is 2.41. The van der Waals surface area contributed by atoms with Crippen molar-refractivity contribution >= 4 is 23.7 Å². The molecule has 15 nitrogen and oxygen atoms in total. The second-order valence-electron chi connectivity index (χ2n) is 15.3. The lowest BCUT2D eigenvalue weighted by molar-refractivity contribution is -0.146. The highest BCUT2D eigenvalue weighted by atomic mass is 16.6. The van der Waals surface area contributed by atoms with E-state index in [0.29, 0.717) is 69.6 Å². The van der Waals surface area contributed by atoms with Crippen LogP contribution in [0.2, 0.25) is 0 Å². The molecular weight excluding hydrogens is 743 g/mol. The summed E-state index contributed by atoms with van der Waals surface area (Å²) in [6, 6.07) is 18.6. The number of ether oxygens (including phenoxy) is 5. The number of amides is 2. The summed E-state index contributed by atoms with van der Waals surface area (Å²) in [5, 5.41) is 14.5. The maximum absolute atomic E-state index is 13.6. The molecule has 2 aromatic heterocycles. The van der Waals surface area contributed by atoms with Gasteiger partial charge >= 0.3 is 12.1 Å². The number of pyridine rings is 1. The van der Waals surface area contributed by atoms with E-state index in [2.05, 4.69) is 30.6 Å². The first-order valence-electron chi connectivity index (χ1n) is 19.9. The Bertz CT molecular complexity index is 1890. The topological polar surface area (TPSA) is 179 Å². The third-order valence-corrected chi connectivity index (χ3v) is 9.61. The van der Waals surface area contributed by atoms with Gasteiger partial charge in [-0.15, -0.1) is 0 Å². The number of anilines is 1. The summed E-state index contributed by atoms with van der Waals surface area (Å²) in [7, 11) is 1.34. The van der Waals surface area contributed by atoms with Gasteiger partial charge in [0.05, 0.1) is 19.8 Å². The van der Waals surface area contributed by atoms with Crippen LogP contribution in [-0.2, 0) is 29.3 Å². The van der Waals surface area contributed by atoms with Crippen LogP contribution in [-0.4, -0.2) is 102 Å². The lowest BCUT2D eigenvalue weighted by atomic mass is 9.86. The van der Waals surface area contributed by atoms with Gasteiger partial charge in [0.1, 0.15) is 23.5 Å². The van der Waals surface area contributed by atoms with Crippen LogP contribution in [0.1, 0.15) is 94.0 Å². The van der Waals surface area contributed by atoms with Crippen molar-refractivity contribution in [2.24, 2.45) is 0 Å². The average Bonchev–Trinajstić information content (AvgIpc) is 3.73. The number of piperidine rings is 1. The number of H-pyrrole nitrogens is 1. The molecule has 1 saturated heterocycles. The van der Waals surface area contributed by atoms with Crippen LogP contribution in [0.5, 0.6) is 5.75 Å². The van der Waals surface area contributed by atoms with Gasteiger partial charge in [-0.2, -0.15) is 5.10 Å². The van der Waals surface area contributed by atoms with Gasteiger partial charge in [0, 0.05) is 62.1 Å². The smallest absolute Gasteiger partial charge is 0.410 e. The minimum Gasteiger partial charge on any atom is -0.494 e. The Hall–Kier alpha value is -5.54. The minimum absolute atomic E-state index is 0.0330. The second-order valence-corrected chi connectivity index (χ2v) is 15.3. The number of rotatable bonds is 20. The monoisotopic (exact) mass is 799 g/mol. The van der Waals surface area contributed by atoms with Crippen LogP contribution < -0.4 is 15.4 Å². The van der Waals surface area contributed by atoms with Crippen LogP contribution in [0.3, 0.4) is 0 Å². The average molecular weight is 800 g/mol. The number of carbonyl (C=O) groups is 3. The number of hydrogen-bond donors (Lipinski definition) is 3. The summed E-state index contributed by atoms with van der Waals surface area (Å²) in [6.45, 7) is 10.7. The molecule has 0 unspecified atom stereocenters. The van der Waals surface area contributed by atoms with Crippen LogP contribution in [0, 0.1) is 0 Å². The van der Waals surface area contributed by atoms with Gasteiger partial charge in [-0.3, -0.25) is 14.9 Å². The molecule has 0 spiro atoms. The SMILES string of the molecule is COC(=O)COCCCOCCCCCOc1ccc([C@@H](C)NC(=O)c2cccc(NC3(c4nc(-c5ccncc5)n[nH]4)CCN(C(=O)OC(C)(C)C)CC3)c2)cc1. The van der Waals surface area contributed by atoms with Crippen molar-refractivity contribution in [1.82, 2.24) is 30.4 Å². The molecule has 3 N–H and O–H groups in total. The summed E-state index contributed by atoms with van der Waals surface area (Å²) in [5.41, 5.74) is 1.72. The van der Waals surface area contributed by atoms with Crippen molar-refractivity contribution in [3.63, 3.8) is 0 Å². The maximum Gasteiger partial charge on any atom is 0.410 e. The van der Waals surface area contributed by atoms with Gasteiger partial charge in [0.25, 0.3) is 5.91 Å². The minimum atomic E-state index is -0.706. The molecule has 1 atom stereocenters. The van der Waals surface area contributed by atoms with Gasteiger partial charge in [0.2, 0.25) is 0 Å². The van der Waals surface area contributed by atoms with Crippen molar-refractivity contribution in [2.45, 2.75) is 83.4 Å². The third kappa shape index (κ3) is 13.3. The number of aromatic amines is 1. The first kappa shape index (κ1) is 43.6. The molecule has 0 radical (unpaired) electrons. The molecule has 3 heterocycles. The number of nitrogens with one attached hydrogen (secondary N) is 3. The Morgan fingerprint density at radius 3 is 2.33 bits per heavy atom. The largest absolute Gasteiger partial charge is 0.494 e. The van der Waals surface area contributed by atoms with Gasteiger partial charge in [-0.05, 0) is 114 Å². The van der Waals surface area contributed by atoms with Crippen LogP contribution in [0.4, 0.5) is 10.5 Å². The number of esters is 1. The molecule has 5 rings (SSSR count). The highest BCUT2D eigenvalue weighted by Crippen LogP contribution is 2.36. The third-order valence-electron chi connectivity index (χ3n) is 9.61. The van der Waals surface area contributed by atoms with E-state index in [0.717, 1.165) is 48.2 Å². The standard InChI is InChI=1S/C43H57N7O8/c1-31(32-13-15-36(16-14-32)57-28-8-6-7-25-55-26-10-27-56-30-37(51)54-5)45-39(52)34-11-9-12-35(29-34)47-43(19-23-50(24-20-43)41(53)58-42(2,3)4)40-46-38(48-49-40)33-17-21-44-22-18-33/h9,11-18,21-22,29,31,47H,6-8,10,19-20,23-28,30H2,1-5H3,(H,45,52)(H,46,48,49)/t31-/m1/s1. The quantitative estimate of drug-likeness (QED) is 0.0627. The Kier molecular flexibility index (Phi) is 16.0. The predicted octanol–water partition coefficient (Wildman–Crippen LogP) is 6.84. The molecular formula is C43H57N7O8. The number of likely N-dealkylation sites (tertiary alicyclic amines) is 1. The molecule has 58 heavy (non-hydrogen) atoms. The van der Waals surface area contributed by atoms with Crippen LogP contribution >= 0.6 is 0 Å². The molecule has 0 saturated carbocycles. The van der Waals surface area contributed by atoms with E-state index < -0.39 is 11.1 Å². The zero-order valence-electron chi connectivity index (χ0n) is 34.3. The molecule has 15 heteroatoms. The molecule has 4 aromatic rings. The molecule has 2 aromatic carbocycles. The molecule has 312 valence electrons. The van der Waals surface area contributed by atoms with E-state index in [-0.39, 0.29) is 30.6 Å². The first-order chi connectivity index (χ1) is 27.9. The number of carbonyl (C=O) groups excluding carboxylic acids is 3. The lowest BCUT2D eigenvalue weighted by Gasteiger charge is -2.41. The van der Waals surface area contributed by atoms with E-state index >= 15 is 0 Å². The number of nitrogens with zero attached hydrogens (tertiary/aromatic N) is 4. The van der Waals surface area contributed by atoms with E-state index in [1.165, 1.54) is 7.11 Å². The fourth-order valence-electron chi connectivity index (χ4n) is 6.41. The summed E-state index contributed by atoms with van der Waals surface area (Å²) in [5.74, 6) is 1.37. The fourth-order valence-corrected chi connectivity index (χ4v) is 6.41. The van der Waals surface area contributed by atoms with E-state index in [4.69, 9.17) is 23.9 Å². The summed E-state index contributed by atoms with van der Waals surface area (Å²) in [4.78, 5) is 48.2. The maximum atomic E-state index is 13.6.